The van der Waals surface area contributed by atoms with Crippen molar-refractivity contribution >= 4 is 23.4 Å². The zero-order valence-corrected chi connectivity index (χ0v) is 19.2. The van der Waals surface area contributed by atoms with Crippen LogP contribution >= 0.6 is 12.4 Å². The molecule has 0 aliphatic heterocycles. The number of aliphatic hydroxyl groups is 1. The fourth-order valence-electron chi connectivity index (χ4n) is 4.87. The SMILES string of the molecule is Cl.Cn1c(=O)ccc2nc(-c3ccc(C4(N)CC(C)(O)C4)cc3)c(-c3ccccc3F)cc21. The Balaban J connectivity index is 0.00000259. The van der Waals surface area contributed by atoms with Gasteiger partial charge < -0.3 is 15.4 Å². The lowest BCUT2D eigenvalue weighted by atomic mass is 9.63. The fraction of sp³-hybridized carbons (Fsp3) is 0.231. The first kappa shape index (κ1) is 23.1. The minimum Gasteiger partial charge on any atom is -0.390 e. The second kappa shape index (κ2) is 8.06. The summed E-state index contributed by atoms with van der Waals surface area (Å²) in [5, 5.41) is 10.1. The van der Waals surface area contributed by atoms with Gasteiger partial charge in [0, 0.05) is 35.3 Å². The molecule has 1 saturated carbocycles. The van der Waals surface area contributed by atoms with E-state index in [9.17, 15) is 14.3 Å². The van der Waals surface area contributed by atoms with Crippen LogP contribution in [0.4, 0.5) is 4.39 Å². The first-order chi connectivity index (χ1) is 15.2. The van der Waals surface area contributed by atoms with Crippen LogP contribution in [0.15, 0.2) is 71.5 Å². The second-order valence-electron chi connectivity index (χ2n) is 9.08. The number of aryl methyl sites for hydroxylation is 1. The lowest BCUT2D eigenvalue weighted by Crippen LogP contribution is -2.58. The van der Waals surface area contributed by atoms with Crippen LogP contribution in [0, 0.1) is 5.82 Å². The molecule has 1 aliphatic carbocycles. The molecular weight excluding hydrogens is 441 g/mol. The highest BCUT2D eigenvalue weighted by Gasteiger charge is 2.49. The van der Waals surface area contributed by atoms with Gasteiger partial charge in [-0.05, 0) is 43.5 Å². The van der Waals surface area contributed by atoms with Crippen molar-refractivity contribution in [3.8, 4) is 22.4 Å². The molecule has 2 heterocycles. The van der Waals surface area contributed by atoms with Crippen molar-refractivity contribution in [2.24, 2.45) is 12.8 Å². The fourth-order valence-corrected chi connectivity index (χ4v) is 4.87. The molecule has 0 amide bonds. The minimum absolute atomic E-state index is 0. The van der Waals surface area contributed by atoms with Gasteiger partial charge in [0.25, 0.3) is 5.56 Å². The lowest BCUT2D eigenvalue weighted by molar-refractivity contribution is -0.0738. The number of rotatable bonds is 3. The van der Waals surface area contributed by atoms with Crippen molar-refractivity contribution in [3.05, 3.63) is 88.5 Å². The number of hydrogen-bond donors (Lipinski definition) is 2. The predicted molar refractivity (Wildman–Crippen MR) is 131 cm³/mol. The van der Waals surface area contributed by atoms with E-state index in [2.05, 4.69) is 0 Å². The molecule has 0 spiro atoms. The van der Waals surface area contributed by atoms with Gasteiger partial charge in [-0.25, -0.2) is 9.37 Å². The van der Waals surface area contributed by atoms with Crippen LogP contribution in [-0.2, 0) is 12.6 Å². The Hall–Kier alpha value is -3.06. The van der Waals surface area contributed by atoms with E-state index < -0.39 is 11.1 Å². The Morgan fingerprint density at radius 2 is 1.70 bits per heavy atom. The molecule has 2 aromatic carbocycles. The standard InChI is InChI=1S/C26H24FN3O2.ClH/c1-25(32)14-26(28,15-25)17-9-7-16(8-10-17)24-19(18-5-3-4-6-20(18)27)13-22-21(29-24)11-12-23(31)30(22)2;/h3-13,32H,14-15,28H2,1-2H3;1H. The van der Waals surface area contributed by atoms with E-state index in [-0.39, 0.29) is 23.8 Å². The van der Waals surface area contributed by atoms with E-state index in [1.54, 1.807) is 38.2 Å². The summed E-state index contributed by atoms with van der Waals surface area (Å²) in [7, 11) is 1.68. The van der Waals surface area contributed by atoms with Crippen molar-refractivity contribution in [3.63, 3.8) is 0 Å². The number of aromatic nitrogens is 2. The molecule has 33 heavy (non-hydrogen) atoms. The smallest absolute Gasteiger partial charge is 0.250 e. The molecule has 1 fully saturated rings. The molecule has 0 bridgehead atoms. The average Bonchev–Trinajstić information content (AvgIpc) is 2.75. The molecule has 7 heteroatoms. The Morgan fingerprint density at radius 3 is 2.33 bits per heavy atom. The lowest BCUT2D eigenvalue weighted by Gasteiger charge is -2.49. The van der Waals surface area contributed by atoms with Gasteiger partial charge in [-0.3, -0.25) is 4.79 Å². The molecule has 0 radical (unpaired) electrons. The van der Waals surface area contributed by atoms with Gasteiger partial charge in [0.1, 0.15) is 5.82 Å². The maximum atomic E-state index is 14.8. The van der Waals surface area contributed by atoms with Crippen LogP contribution in [0.3, 0.4) is 0 Å². The molecule has 2 aromatic heterocycles. The van der Waals surface area contributed by atoms with Crippen molar-refractivity contribution in [1.29, 1.82) is 0 Å². The van der Waals surface area contributed by atoms with E-state index in [4.69, 9.17) is 10.7 Å². The molecule has 0 unspecified atom stereocenters. The number of halogens is 2. The highest BCUT2D eigenvalue weighted by molar-refractivity contribution is 5.90. The second-order valence-corrected chi connectivity index (χ2v) is 9.08. The topological polar surface area (TPSA) is 81.1 Å². The highest BCUT2D eigenvalue weighted by atomic mass is 35.5. The summed E-state index contributed by atoms with van der Waals surface area (Å²) in [5.74, 6) is -0.356. The van der Waals surface area contributed by atoms with Crippen molar-refractivity contribution < 1.29 is 9.50 Å². The van der Waals surface area contributed by atoms with Crippen LogP contribution < -0.4 is 11.3 Å². The molecule has 5 nitrogen and oxygen atoms in total. The van der Waals surface area contributed by atoms with Gasteiger partial charge in [-0.1, -0.05) is 42.5 Å². The third kappa shape index (κ3) is 3.95. The third-order valence-corrected chi connectivity index (χ3v) is 6.40. The molecule has 1 aliphatic rings. The minimum atomic E-state index is -0.735. The summed E-state index contributed by atoms with van der Waals surface area (Å²) < 4.78 is 16.3. The summed E-state index contributed by atoms with van der Waals surface area (Å²) in [6.07, 6.45) is 1.00. The Kier molecular flexibility index (Phi) is 5.65. The quantitative estimate of drug-likeness (QED) is 0.466. The zero-order valence-electron chi connectivity index (χ0n) is 18.4. The number of nitrogens with zero attached hydrogens (tertiary/aromatic N) is 2. The maximum absolute atomic E-state index is 14.8. The molecule has 4 aromatic rings. The van der Waals surface area contributed by atoms with Crippen molar-refractivity contribution in [1.82, 2.24) is 9.55 Å². The molecule has 3 N–H and O–H groups in total. The van der Waals surface area contributed by atoms with Crippen molar-refractivity contribution in [2.45, 2.75) is 30.9 Å². The van der Waals surface area contributed by atoms with Crippen LogP contribution in [0.5, 0.6) is 0 Å². The summed E-state index contributed by atoms with van der Waals surface area (Å²) in [5.41, 5.74) is 9.74. The Labute approximate surface area is 197 Å². The van der Waals surface area contributed by atoms with Crippen LogP contribution in [0.25, 0.3) is 33.4 Å². The molecule has 0 saturated heterocycles. The van der Waals surface area contributed by atoms with Crippen molar-refractivity contribution in [2.75, 3.05) is 0 Å². The largest absolute Gasteiger partial charge is 0.390 e. The van der Waals surface area contributed by atoms with Gasteiger partial charge in [0.15, 0.2) is 0 Å². The summed E-state index contributed by atoms with van der Waals surface area (Å²) in [4.78, 5) is 17.0. The Bertz CT molecular complexity index is 1410. The first-order valence-corrected chi connectivity index (χ1v) is 10.5. The number of fused-ring (bicyclic) bond motifs is 1. The predicted octanol–water partition coefficient (Wildman–Crippen LogP) is 4.53. The van der Waals surface area contributed by atoms with Crippen LogP contribution in [0.1, 0.15) is 25.3 Å². The van der Waals surface area contributed by atoms with Gasteiger partial charge in [-0.2, -0.15) is 0 Å². The highest BCUT2D eigenvalue weighted by Crippen LogP contribution is 2.46. The number of hydrogen-bond acceptors (Lipinski definition) is 4. The van der Waals surface area contributed by atoms with E-state index in [0.717, 1.165) is 11.1 Å². The zero-order chi connectivity index (χ0) is 22.7. The molecular formula is C26H25ClFN3O2. The Morgan fingerprint density at radius 1 is 1.03 bits per heavy atom. The average molecular weight is 466 g/mol. The van der Waals surface area contributed by atoms with Gasteiger partial charge in [0.05, 0.1) is 22.3 Å². The van der Waals surface area contributed by atoms with Gasteiger partial charge in [0.2, 0.25) is 0 Å². The van der Waals surface area contributed by atoms with E-state index in [0.29, 0.717) is 40.7 Å². The number of nitrogens with two attached hydrogens (primary N) is 1. The van der Waals surface area contributed by atoms with Gasteiger partial charge in [-0.15, -0.1) is 12.4 Å². The van der Waals surface area contributed by atoms with Crippen LogP contribution in [-0.4, -0.2) is 20.3 Å². The van der Waals surface area contributed by atoms with E-state index >= 15 is 0 Å². The first-order valence-electron chi connectivity index (χ1n) is 10.5. The molecule has 170 valence electrons. The summed E-state index contributed by atoms with van der Waals surface area (Å²) in [6.45, 7) is 1.79. The normalized spacial score (nSPS) is 22.0. The molecule has 0 atom stereocenters. The summed E-state index contributed by atoms with van der Waals surface area (Å²) >= 11 is 0. The van der Waals surface area contributed by atoms with E-state index in [1.807, 2.05) is 30.3 Å². The van der Waals surface area contributed by atoms with Gasteiger partial charge >= 0.3 is 0 Å². The number of pyridine rings is 2. The summed E-state index contributed by atoms with van der Waals surface area (Å²) in [6, 6.07) is 19.3. The third-order valence-electron chi connectivity index (χ3n) is 6.40. The maximum Gasteiger partial charge on any atom is 0.250 e. The monoisotopic (exact) mass is 465 g/mol. The van der Waals surface area contributed by atoms with Crippen LogP contribution in [0.2, 0.25) is 0 Å². The molecule has 5 rings (SSSR count). The van der Waals surface area contributed by atoms with E-state index in [1.165, 1.54) is 16.7 Å². The number of benzene rings is 2.